The first-order chi connectivity index (χ1) is 39.2. The summed E-state index contributed by atoms with van der Waals surface area (Å²) in [6.07, 6.45) is 0. The van der Waals surface area contributed by atoms with Crippen LogP contribution < -0.4 is 4.90 Å². The molecule has 0 unspecified atom stereocenters. The van der Waals surface area contributed by atoms with Gasteiger partial charge >= 0.3 is 0 Å². The molecule has 0 saturated heterocycles. The Morgan fingerprint density at radius 1 is 0.278 bits per heavy atom. The molecule has 13 aromatic carbocycles. The normalized spacial score (nSPS) is 12.4. The van der Waals surface area contributed by atoms with Crippen LogP contribution in [-0.4, -0.2) is 4.57 Å². The van der Waals surface area contributed by atoms with Crippen molar-refractivity contribution in [2.75, 3.05) is 4.90 Å². The quantitative estimate of drug-likeness (QED) is 0.133. The Hall–Kier alpha value is -10.3. The molecule has 79 heavy (non-hydrogen) atoms. The molecule has 0 saturated carbocycles. The molecule has 15 rings (SSSR count). The standard InChI is InChI=1S/C77H52N2/c1-5-23-53(24-6-1)62-36-19-25-56-26-20-39-66(74(56)62)65-33-14-17-42-71(65)78(61-51-47-55(48-52-61)64-38-22-44-73-76(64)68-35-15-18-43-72(68)79(73)59-31-11-4-12-32-59)60-49-45-54(46-50-60)63-37-21-41-70-75(63)67-34-13-16-40-69(67)77(70,57-27-7-2-8-28-57)58-29-9-3-10-30-58/h1-52H. The van der Waals surface area contributed by atoms with E-state index in [4.69, 9.17) is 0 Å². The summed E-state index contributed by atoms with van der Waals surface area (Å²) >= 11 is 0. The lowest BCUT2D eigenvalue weighted by atomic mass is 9.67. The zero-order chi connectivity index (χ0) is 52.3. The van der Waals surface area contributed by atoms with Crippen LogP contribution in [0, 0.1) is 0 Å². The molecule has 0 radical (unpaired) electrons. The topological polar surface area (TPSA) is 8.17 Å². The number of benzene rings is 13. The van der Waals surface area contributed by atoms with E-state index in [1.165, 1.54) is 99.3 Å². The van der Waals surface area contributed by atoms with E-state index in [1.54, 1.807) is 0 Å². The van der Waals surface area contributed by atoms with Crippen molar-refractivity contribution >= 4 is 49.6 Å². The lowest BCUT2D eigenvalue weighted by Crippen LogP contribution is -2.28. The lowest BCUT2D eigenvalue weighted by Gasteiger charge is -2.34. The third-order valence-electron chi connectivity index (χ3n) is 16.5. The highest BCUT2D eigenvalue weighted by Crippen LogP contribution is 2.58. The predicted octanol–water partition coefficient (Wildman–Crippen LogP) is 20.4. The van der Waals surface area contributed by atoms with Crippen molar-refractivity contribution in [2.24, 2.45) is 0 Å². The minimum Gasteiger partial charge on any atom is -0.310 e. The van der Waals surface area contributed by atoms with Gasteiger partial charge in [0.15, 0.2) is 0 Å². The number of fused-ring (bicyclic) bond motifs is 7. The summed E-state index contributed by atoms with van der Waals surface area (Å²) in [5.74, 6) is 0. The number of aromatic nitrogens is 1. The Morgan fingerprint density at radius 3 is 1.42 bits per heavy atom. The number of nitrogens with zero attached hydrogens (tertiary/aromatic N) is 2. The van der Waals surface area contributed by atoms with Gasteiger partial charge in [-0.15, -0.1) is 0 Å². The number of anilines is 3. The van der Waals surface area contributed by atoms with Crippen molar-refractivity contribution in [3.8, 4) is 61.3 Å². The molecular weight excluding hydrogens is 953 g/mol. The van der Waals surface area contributed by atoms with Crippen LogP contribution in [0.25, 0.3) is 93.9 Å². The summed E-state index contributed by atoms with van der Waals surface area (Å²) in [6, 6.07) is 116. The summed E-state index contributed by atoms with van der Waals surface area (Å²) in [5.41, 5.74) is 23.5. The Bertz CT molecular complexity index is 4510. The molecule has 14 aromatic rings. The van der Waals surface area contributed by atoms with E-state index < -0.39 is 5.41 Å². The highest BCUT2D eigenvalue weighted by Gasteiger charge is 2.46. The molecule has 0 fully saturated rings. The van der Waals surface area contributed by atoms with E-state index in [2.05, 4.69) is 325 Å². The van der Waals surface area contributed by atoms with E-state index in [0.717, 1.165) is 33.9 Å². The largest absolute Gasteiger partial charge is 0.310 e. The van der Waals surface area contributed by atoms with Crippen LogP contribution in [0.1, 0.15) is 22.3 Å². The second-order valence-corrected chi connectivity index (χ2v) is 20.7. The van der Waals surface area contributed by atoms with Gasteiger partial charge in [-0.1, -0.05) is 261 Å². The van der Waals surface area contributed by atoms with E-state index in [0.29, 0.717) is 0 Å². The average molecular weight is 1010 g/mol. The summed E-state index contributed by atoms with van der Waals surface area (Å²) in [6.45, 7) is 0. The summed E-state index contributed by atoms with van der Waals surface area (Å²) in [4.78, 5) is 2.45. The van der Waals surface area contributed by atoms with Gasteiger partial charge in [0.05, 0.1) is 22.1 Å². The second kappa shape index (κ2) is 19.1. The first-order valence-electron chi connectivity index (χ1n) is 27.3. The maximum atomic E-state index is 2.45. The minimum absolute atomic E-state index is 0.483. The molecule has 0 bridgehead atoms. The van der Waals surface area contributed by atoms with Gasteiger partial charge in [-0.3, -0.25) is 0 Å². The predicted molar refractivity (Wildman–Crippen MR) is 332 cm³/mol. The van der Waals surface area contributed by atoms with Crippen molar-refractivity contribution in [3.63, 3.8) is 0 Å². The van der Waals surface area contributed by atoms with E-state index >= 15 is 0 Å². The Morgan fingerprint density at radius 2 is 0.734 bits per heavy atom. The van der Waals surface area contributed by atoms with Crippen LogP contribution in [0.2, 0.25) is 0 Å². The highest BCUT2D eigenvalue weighted by molar-refractivity contribution is 6.16. The first kappa shape index (κ1) is 46.1. The average Bonchev–Trinajstić information content (AvgIpc) is 4.23. The molecule has 0 atom stereocenters. The zero-order valence-electron chi connectivity index (χ0n) is 43.4. The highest BCUT2D eigenvalue weighted by atomic mass is 15.1. The zero-order valence-corrected chi connectivity index (χ0v) is 43.4. The van der Waals surface area contributed by atoms with Crippen molar-refractivity contribution < 1.29 is 0 Å². The van der Waals surface area contributed by atoms with Gasteiger partial charge in [0.2, 0.25) is 0 Å². The van der Waals surface area contributed by atoms with Crippen LogP contribution in [0.4, 0.5) is 17.1 Å². The van der Waals surface area contributed by atoms with Crippen LogP contribution >= 0.6 is 0 Å². The van der Waals surface area contributed by atoms with E-state index in [1.807, 2.05) is 0 Å². The Balaban J connectivity index is 0.907. The molecule has 1 aromatic heterocycles. The molecule has 1 aliphatic rings. The molecule has 2 nitrogen and oxygen atoms in total. The first-order valence-corrected chi connectivity index (χ1v) is 27.3. The summed E-state index contributed by atoms with van der Waals surface area (Å²) in [5, 5.41) is 4.92. The van der Waals surface area contributed by atoms with Gasteiger partial charge in [-0.2, -0.15) is 0 Å². The molecule has 1 heterocycles. The molecule has 370 valence electrons. The van der Waals surface area contributed by atoms with E-state index in [9.17, 15) is 0 Å². The minimum atomic E-state index is -0.483. The van der Waals surface area contributed by atoms with Gasteiger partial charge in [-0.25, -0.2) is 0 Å². The third-order valence-corrected chi connectivity index (χ3v) is 16.5. The number of hydrogen-bond acceptors (Lipinski definition) is 1. The number of hydrogen-bond donors (Lipinski definition) is 0. The fourth-order valence-corrected chi connectivity index (χ4v) is 13.2. The fourth-order valence-electron chi connectivity index (χ4n) is 13.2. The molecule has 1 aliphatic carbocycles. The molecule has 0 aliphatic heterocycles. The fraction of sp³-hybridized carbons (Fsp3) is 0.0130. The van der Waals surface area contributed by atoms with Crippen LogP contribution in [0.5, 0.6) is 0 Å². The molecular formula is C77H52N2. The maximum absolute atomic E-state index is 2.45. The van der Waals surface area contributed by atoms with Crippen LogP contribution in [0.15, 0.2) is 315 Å². The monoisotopic (exact) mass is 1000 g/mol. The number of para-hydroxylation sites is 3. The van der Waals surface area contributed by atoms with Crippen molar-refractivity contribution in [2.45, 2.75) is 5.41 Å². The third kappa shape index (κ3) is 7.41. The number of rotatable bonds is 10. The molecule has 0 amide bonds. The summed E-state index contributed by atoms with van der Waals surface area (Å²) < 4.78 is 2.40. The van der Waals surface area contributed by atoms with Gasteiger partial charge in [0.25, 0.3) is 0 Å². The van der Waals surface area contributed by atoms with Gasteiger partial charge in [0, 0.05) is 33.4 Å². The van der Waals surface area contributed by atoms with Crippen LogP contribution in [-0.2, 0) is 5.41 Å². The molecule has 0 spiro atoms. The lowest BCUT2D eigenvalue weighted by molar-refractivity contribution is 0.768. The molecule has 2 heteroatoms. The van der Waals surface area contributed by atoms with Gasteiger partial charge in [-0.05, 0) is 138 Å². The van der Waals surface area contributed by atoms with Crippen molar-refractivity contribution in [1.82, 2.24) is 4.57 Å². The van der Waals surface area contributed by atoms with Crippen molar-refractivity contribution in [3.05, 3.63) is 338 Å². The maximum Gasteiger partial charge on any atom is 0.0713 e. The SMILES string of the molecule is c1ccc(-c2cccc3cccc(-c4ccccc4N(c4ccc(-c5cccc6c5-c5ccccc5C6(c5ccccc5)c5ccccc5)cc4)c4ccc(-c5cccc6c5c5ccccc5n6-c5ccccc5)cc4)c23)cc1. The van der Waals surface area contributed by atoms with Crippen molar-refractivity contribution in [1.29, 1.82) is 0 Å². The smallest absolute Gasteiger partial charge is 0.0713 e. The second-order valence-electron chi connectivity index (χ2n) is 20.7. The van der Waals surface area contributed by atoms with Crippen LogP contribution in [0.3, 0.4) is 0 Å². The summed E-state index contributed by atoms with van der Waals surface area (Å²) in [7, 11) is 0. The van der Waals surface area contributed by atoms with E-state index in [-0.39, 0.29) is 0 Å². The Labute approximate surface area is 461 Å². The Kier molecular flexibility index (Phi) is 11.1. The molecule has 0 N–H and O–H groups in total. The van der Waals surface area contributed by atoms with Gasteiger partial charge < -0.3 is 9.47 Å². The van der Waals surface area contributed by atoms with Gasteiger partial charge in [0.1, 0.15) is 0 Å².